The molecule has 192 valence electrons. The van der Waals surface area contributed by atoms with Crippen molar-refractivity contribution in [3.05, 3.63) is 69.2 Å². The fourth-order valence-electron chi connectivity index (χ4n) is 4.94. The van der Waals surface area contributed by atoms with Crippen molar-refractivity contribution in [3.63, 3.8) is 0 Å². The van der Waals surface area contributed by atoms with Gasteiger partial charge in [0.2, 0.25) is 5.91 Å². The van der Waals surface area contributed by atoms with Gasteiger partial charge in [0.1, 0.15) is 16.6 Å². The highest BCUT2D eigenvalue weighted by Crippen LogP contribution is 2.36. The number of halogens is 1. The standard InChI is InChI=1S/C28H28BrN3O3S2/c1-18-5-3-4-12-31(18)26(33)17-30-16-20(23-14-21(29)8-11-24(23)30)13-25-27(34)32(28(36)37-25)15-19-6-9-22(35-2)10-7-19/h6-11,13-14,16,18H,3-5,12,15,17H2,1-2H3/b25-13-/t18-/m1/s1. The van der Waals surface area contributed by atoms with Gasteiger partial charge in [-0.2, -0.15) is 0 Å². The molecule has 2 amide bonds. The van der Waals surface area contributed by atoms with Gasteiger partial charge in [0.05, 0.1) is 18.6 Å². The van der Waals surface area contributed by atoms with Gasteiger partial charge in [0.15, 0.2) is 0 Å². The summed E-state index contributed by atoms with van der Waals surface area (Å²) in [5.41, 5.74) is 2.83. The summed E-state index contributed by atoms with van der Waals surface area (Å²) in [4.78, 5) is 30.7. The Hall–Kier alpha value is -2.62. The maximum atomic E-state index is 13.3. The highest BCUT2D eigenvalue weighted by molar-refractivity contribution is 9.10. The number of thiocarbonyl (C=S) groups is 1. The third kappa shape index (κ3) is 5.49. The van der Waals surface area contributed by atoms with Crippen LogP contribution in [0, 0.1) is 0 Å². The lowest BCUT2D eigenvalue weighted by atomic mass is 10.0. The molecule has 2 saturated heterocycles. The Morgan fingerprint density at radius 1 is 1.22 bits per heavy atom. The average molecular weight is 599 g/mol. The van der Waals surface area contributed by atoms with Crippen LogP contribution in [0.3, 0.4) is 0 Å². The van der Waals surface area contributed by atoms with Crippen molar-refractivity contribution in [2.24, 2.45) is 0 Å². The second-order valence-electron chi connectivity index (χ2n) is 9.42. The number of ether oxygens (including phenoxy) is 1. The summed E-state index contributed by atoms with van der Waals surface area (Å²) in [6, 6.07) is 13.9. The number of methoxy groups -OCH3 is 1. The first kappa shape index (κ1) is 26.0. The molecule has 2 aromatic carbocycles. The summed E-state index contributed by atoms with van der Waals surface area (Å²) in [6.07, 6.45) is 7.15. The van der Waals surface area contributed by atoms with Crippen molar-refractivity contribution in [2.75, 3.05) is 13.7 Å². The molecule has 1 atom stereocenters. The van der Waals surface area contributed by atoms with E-state index in [9.17, 15) is 9.59 Å². The van der Waals surface area contributed by atoms with Crippen LogP contribution < -0.4 is 4.74 Å². The van der Waals surface area contributed by atoms with Gasteiger partial charge in [0.25, 0.3) is 5.91 Å². The van der Waals surface area contributed by atoms with E-state index in [0.717, 1.165) is 51.6 Å². The topological polar surface area (TPSA) is 54.8 Å². The molecule has 3 heterocycles. The molecule has 0 bridgehead atoms. The fourth-order valence-corrected chi connectivity index (χ4v) is 6.55. The van der Waals surface area contributed by atoms with E-state index in [1.165, 1.54) is 18.2 Å². The van der Waals surface area contributed by atoms with Gasteiger partial charge in [-0.15, -0.1) is 0 Å². The van der Waals surface area contributed by atoms with E-state index < -0.39 is 0 Å². The second kappa shape index (κ2) is 11.0. The summed E-state index contributed by atoms with van der Waals surface area (Å²) < 4.78 is 8.69. The molecule has 0 aliphatic carbocycles. The van der Waals surface area contributed by atoms with Crippen molar-refractivity contribution < 1.29 is 14.3 Å². The van der Waals surface area contributed by atoms with Crippen molar-refractivity contribution in [3.8, 4) is 5.75 Å². The van der Waals surface area contributed by atoms with Crippen molar-refractivity contribution in [1.29, 1.82) is 0 Å². The summed E-state index contributed by atoms with van der Waals surface area (Å²) >= 11 is 10.4. The molecular weight excluding hydrogens is 570 g/mol. The van der Waals surface area contributed by atoms with E-state index in [4.69, 9.17) is 17.0 Å². The van der Waals surface area contributed by atoms with Crippen LogP contribution in [0.5, 0.6) is 5.75 Å². The number of aromatic nitrogens is 1. The highest BCUT2D eigenvalue weighted by Gasteiger charge is 2.32. The van der Waals surface area contributed by atoms with Gasteiger partial charge < -0.3 is 14.2 Å². The normalized spacial score (nSPS) is 19.3. The number of carbonyl (C=O) groups is 2. The molecule has 0 spiro atoms. The molecule has 9 heteroatoms. The Morgan fingerprint density at radius 3 is 2.73 bits per heavy atom. The highest BCUT2D eigenvalue weighted by atomic mass is 79.9. The molecule has 37 heavy (non-hydrogen) atoms. The SMILES string of the molecule is COc1ccc(CN2C(=O)/C(=C/c3cn(CC(=O)N4CCCC[C@H]4C)c4ccc(Br)cc34)SC2=S)cc1. The van der Waals surface area contributed by atoms with Gasteiger partial charge >= 0.3 is 0 Å². The number of amides is 2. The number of fused-ring (bicyclic) bond motifs is 1. The maximum Gasteiger partial charge on any atom is 0.266 e. The third-order valence-corrected chi connectivity index (χ3v) is 8.83. The zero-order valence-corrected chi connectivity index (χ0v) is 24.0. The van der Waals surface area contributed by atoms with Crippen molar-refractivity contribution in [1.82, 2.24) is 14.4 Å². The minimum Gasteiger partial charge on any atom is -0.497 e. The van der Waals surface area contributed by atoms with Crippen LogP contribution in [-0.4, -0.2) is 50.2 Å². The molecule has 6 nitrogen and oxygen atoms in total. The van der Waals surface area contributed by atoms with E-state index in [1.807, 2.05) is 64.2 Å². The fraction of sp³-hybridized carbons (Fsp3) is 0.321. The summed E-state index contributed by atoms with van der Waals surface area (Å²) in [5.74, 6) is 0.786. The largest absolute Gasteiger partial charge is 0.497 e. The molecule has 3 aromatic rings. The van der Waals surface area contributed by atoms with Crippen LogP contribution in [0.25, 0.3) is 17.0 Å². The van der Waals surface area contributed by atoms with Crippen LogP contribution in [0.15, 0.2) is 58.0 Å². The van der Waals surface area contributed by atoms with Crippen molar-refractivity contribution >= 4 is 73.0 Å². The number of thioether (sulfide) groups is 1. The molecule has 5 rings (SSSR count). The molecule has 2 aliphatic rings. The number of benzene rings is 2. The first-order valence-electron chi connectivity index (χ1n) is 12.3. The molecule has 2 fully saturated rings. The van der Waals surface area contributed by atoms with Gasteiger partial charge in [-0.3, -0.25) is 14.5 Å². The minimum atomic E-state index is -0.111. The first-order valence-corrected chi connectivity index (χ1v) is 14.3. The van der Waals surface area contributed by atoms with Crippen LogP contribution in [0.4, 0.5) is 0 Å². The zero-order valence-electron chi connectivity index (χ0n) is 20.8. The van der Waals surface area contributed by atoms with Crippen LogP contribution in [-0.2, 0) is 22.7 Å². The Bertz CT molecular complexity index is 1400. The number of carbonyl (C=O) groups excluding carboxylic acids is 2. The summed E-state index contributed by atoms with van der Waals surface area (Å²) in [7, 11) is 1.63. The van der Waals surface area contributed by atoms with E-state index in [0.29, 0.717) is 15.8 Å². The molecule has 0 unspecified atom stereocenters. The van der Waals surface area contributed by atoms with Crippen molar-refractivity contribution in [2.45, 2.75) is 45.3 Å². The quantitative estimate of drug-likeness (QED) is 0.249. The second-order valence-corrected chi connectivity index (χ2v) is 12.0. The Morgan fingerprint density at radius 2 is 2.00 bits per heavy atom. The van der Waals surface area contributed by atoms with Crippen LogP contribution >= 0.6 is 39.9 Å². The third-order valence-electron chi connectivity index (χ3n) is 6.96. The Kier molecular flexibility index (Phi) is 7.74. The number of rotatable bonds is 6. The maximum absolute atomic E-state index is 13.3. The zero-order chi connectivity index (χ0) is 26.1. The van der Waals surface area contributed by atoms with E-state index >= 15 is 0 Å². The lowest BCUT2D eigenvalue weighted by Gasteiger charge is -2.33. The molecule has 2 aliphatic heterocycles. The van der Waals surface area contributed by atoms with E-state index in [-0.39, 0.29) is 24.4 Å². The number of nitrogens with zero attached hydrogens (tertiary/aromatic N) is 3. The number of piperidine rings is 1. The monoisotopic (exact) mass is 597 g/mol. The average Bonchev–Trinajstić information content (AvgIpc) is 3.35. The van der Waals surface area contributed by atoms with E-state index in [1.54, 1.807) is 12.0 Å². The summed E-state index contributed by atoms with van der Waals surface area (Å²) in [5, 5.41) is 0.981. The predicted molar refractivity (Wildman–Crippen MR) is 156 cm³/mol. The molecule has 0 radical (unpaired) electrons. The molecule has 0 N–H and O–H groups in total. The lowest BCUT2D eigenvalue weighted by Crippen LogP contribution is -2.43. The number of hydrogen-bond donors (Lipinski definition) is 0. The van der Waals surface area contributed by atoms with Gasteiger partial charge in [-0.25, -0.2) is 0 Å². The smallest absolute Gasteiger partial charge is 0.266 e. The van der Waals surface area contributed by atoms with E-state index in [2.05, 4.69) is 22.9 Å². The molecule has 0 saturated carbocycles. The van der Waals surface area contributed by atoms with Crippen LogP contribution in [0.2, 0.25) is 0 Å². The van der Waals surface area contributed by atoms with Gasteiger partial charge in [-0.1, -0.05) is 52.0 Å². The molecule has 1 aromatic heterocycles. The number of likely N-dealkylation sites (tertiary alicyclic amines) is 1. The summed E-state index contributed by atoms with van der Waals surface area (Å²) in [6.45, 7) is 3.62. The minimum absolute atomic E-state index is 0.111. The van der Waals surface area contributed by atoms with Crippen LogP contribution in [0.1, 0.15) is 37.3 Å². The first-order chi connectivity index (χ1) is 17.8. The Labute approximate surface area is 234 Å². The Balaban J connectivity index is 1.41. The van der Waals surface area contributed by atoms with Gasteiger partial charge in [-0.05, 0) is 68.2 Å². The van der Waals surface area contributed by atoms with Gasteiger partial charge in [0, 0.05) is 39.7 Å². The lowest BCUT2D eigenvalue weighted by molar-refractivity contribution is -0.135. The molecular formula is C28H28BrN3O3S2. The predicted octanol–water partition coefficient (Wildman–Crippen LogP) is 6.21. The number of hydrogen-bond acceptors (Lipinski definition) is 5.